The van der Waals surface area contributed by atoms with Crippen LogP contribution in [0.15, 0.2) is 65.2 Å². The van der Waals surface area contributed by atoms with Crippen LogP contribution in [0, 0.1) is 10.1 Å². The molecule has 0 saturated carbocycles. The first-order chi connectivity index (χ1) is 12.6. The number of aromatic nitrogens is 1. The maximum absolute atomic E-state index is 11.8. The molecule has 0 radical (unpaired) electrons. The number of carbonyl (C=O) groups excluding carboxylic acids is 1. The quantitative estimate of drug-likeness (QED) is 0.364. The van der Waals surface area contributed by atoms with Gasteiger partial charge in [-0.2, -0.15) is 0 Å². The molecular weight excluding hydrogens is 340 g/mol. The Kier molecular flexibility index (Phi) is 5.23. The lowest BCUT2D eigenvalue weighted by Gasteiger charge is -2.06. The fraction of sp³-hybridized carbons (Fsp3) is 0.111. The Morgan fingerprint density at radius 1 is 1.12 bits per heavy atom. The summed E-state index contributed by atoms with van der Waals surface area (Å²) in [7, 11) is 0. The highest BCUT2D eigenvalue weighted by molar-refractivity contribution is 5.71. The average molecular weight is 354 g/mol. The van der Waals surface area contributed by atoms with Gasteiger partial charge in [-0.3, -0.25) is 10.1 Å². The molecule has 132 valence electrons. The molecule has 0 aliphatic rings. The van der Waals surface area contributed by atoms with E-state index in [-0.39, 0.29) is 18.0 Å². The van der Waals surface area contributed by atoms with Crippen LogP contribution < -0.4 is 4.74 Å². The van der Waals surface area contributed by atoms with Gasteiger partial charge in [-0.05, 0) is 6.07 Å². The van der Waals surface area contributed by atoms with Crippen LogP contribution in [-0.4, -0.2) is 22.7 Å². The molecule has 2 aromatic carbocycles. The van der Waals surface area contributed by atoms with Gasteiger partial charge in [0.1, 0.15) is 5.69 Å². The standard InChI is InChI=1S/C18H14N2O6/c21-18(12-24-17-9-5-4-8-16(17)20(22)23)25-11-14-10-15(19-26-14)13-6-2-1-3-7-13/h1-10H,11-12H2. The molecule has 8 nitrogen and oxygen atoms in total. The number of nitro groups is 1. The van der Waals surface area contributed by atoms with Crippen LogP contribution in [0.5, 0.6) is 5.75 Å². The van der Waals surface area contributed by atoms with Crippen molar-refractivity contribution in [1.82, 2.24) is 5.16 Å². The van der Waals surface area contributed by atoms with E-state index in [9.17, 15) is 14.9 Å². The molecule has 0 fully saturated rings. The lowest BCUT2D eigenvalue weighted by atomic mass is 10.1. The van der Waals surface area contributed by atoms with Crippen molar-refractivity contribution in [2.45, 2.75) is 6.61 Å². The Morgan fingerprint density at radius 3 is 2.62 bits per heavy atom. The fourth-order valence-corrected chi connectivity index (χ4v) is 2.19. The topological polar surface area (TPSA) is 105 Å². The summed E-state index contributed by atoms with van der Waals surface area (Å²) in [6.07, 6.45) is 0. The van der Waals surface area contributed by atoms with Gasteiger partial charge in [0, 0.05) is 17.7 Å². The number of nitro benzene ring substituents is 1. The van der Waals surface area contributed by atoms with Crippen LogP contribution in [0.1, 0.15) is 5.76 Å². The van der Waals surface area contributed by atoms with Crippen molar-refractivity contribution < 1.29 is 23.7 Å². The van der Waals surface area contributed by atoms with E-state index in [0.717, 1.165) is 5.56 Å². The minimum atomic E-state index is -0.680. The molecule has 0 bridgehead atoms. The van der Waals surface area contributed by atoms with Crippen LogP contribution in [0.2, 0.25) is 0 Å². The van der Waals surface area contributed by atoms with E-state index in [2.05, 4.69) is 5.16 Å². The van der Waals surface area contributed by atoms with E-state index in [1.807, 2.05) is 30.3 Å². The normalized spacial score (nSPS) is 10.3. The van der Waals surface area contributed by atoms with Gasteiger partial charge in [-0.25, -0.2) is 4.79 Å². The van der Waals surface area contributed by atoms with Gasteiger partial charge in [-0.1, -0.05) is 47.6 Å². The van der Waals surface area contributed by atoms with Crippen LogP contribution in [-0.2, 0) is 16.1 Å². The van der Waals surface area contributed by atoms with Crippen molar-refractivity contribution in [2.75, 3.05) is 6.61 Å². The van der Waals surface area contributed by atoms with Gasteiger partial charge in [-0.15, -0.1) is 0 Å². The van der Waals surface area contributed by atoms with Crippen LogP contribution in [0.4, 0.5) is 5.69 Å². The molecule has 0 spiro atoms. The van der Waals surface area contributed by atoms with Gasteiger partial charge >= 0.3 is 11.7 Å². The zero-order valence-corrected chi connectivity index (χ0v) is 13.5. The van der Waals surface area contributed by atoms with E-state index in [4.69, 9.17) is 14.0 Å². The first kappa shape index (κ1) is 17.2. The largest absolute Gasteiger partial charge is 0.475 e. The maximum atomic E-state index is 11.8. The highest BCUT2D eigenvalue weighted by atomic mass is 16.6. The molecule has 3 rings (SSSR count). The predicted octanol–water partition coefficient (Wildman–Crippen LogP) is 3.37. The molecule has 1 heterocycles. The lowest BCUT2D eigenvalue weighted by Crippen LogP contribution is -2.15. The van der Waals surface area contributed by atoms with Gasteiger partial charge in [0.2, 0.25) is 0 Å². The Balaban J connectivity index is 1.52. The first-order valence-electron chi connectivity index (χ1n) is 7.66. The van der Waals surface area contributed by atoms with Crippen molar-refractivity contribution in [3.8, 4) is 17.0 Å². The van der Waals surface area contributed by atoms with Crippen LogP contribution in [0.3, 0.4) is 0 Å². The number of carbonyl (C=O) groups is 1. The minimum Gasteiger partial charge on any atom is -0.475 e. The third kappa shape index (κ3) is 4.23. The summed E-state index contributed by atoms with van der Waals surface area (Å²) >= 11 is 0. The molecule has 0 aliphatic heterocycles. The number of benzene rings is 2. The van der Waals surface area contributed by atoms with Gasteiger partial charge < -0.3 is 14.0 Å². The molecule has 1 aromatic heterocycles. The highest BCUT2D eigenvalue weighted by Gasteiger charge is 2.16. The summed E-state index contributed by atoms with van der Waals surface area (Å²) in [5, 5.41) is 14.8. The zero-order valence-electron chi connectivity index (χ0n) is 13.5. The summed E-state index contributed by atoms with van der Waals surface area (Å²) in [5.41, 5.74) is 1.30. The van der Waals surface area contributed by atoms with Gasteiger partial charge in [0.15, 0.2) is 24.7 Å². The zero-order chi connectivity index (χ0) is 18.4. The molecule has 8 heteroatoms. The summed E-state index contributed by atoms with van der Waals surface area (Å²) < 4.78 is 15.3. The van der Waals surface area contributed by atoms with E-state index < -0.39 is 17.5 Å². The molecule has 0 aliphatic carbocycles. The van der Waals surface area contributed by atoms with Gasteiger partial charge in [0.25, 0.3) is 0 Å². The highest BCUT2D eigenvalue weighted by Crippen LogP contribution is 2.25. The van der Waals surface area contributed by atoms with Crippen molar-refractivity contribution in [1.29, 1.82) is 0 Å². The molecular formula is C18H14N2O6. The lowest BCUT2D eigenvalue weighted by molar-refractivity contribution is -0.385. The monoisotopic (exact) mass is 354 g/mol. The molecule has 0 saturated heterocycles. The molecule has 0 amide bonds. The van der Waals surface area contributed by atoms with Crippen LogP contribution >= 0.6 is 0 Å². The van der Waals surface area contributed by atoms with E-state index in [1.54, 1.807) is 12.1 Å². The molecule has 3 aromatic rings. The molecule has 26 heavy (non-hydrogen) atoms. The number of para-hydroxylation sites is 2. The number of nitrogens with zero attached hydrogens (tertiary/aromatic N) is 2. The second kappa shape index (κ2) is 7.93. The minimum absolute atomic E-state index is 0.000444. The number of hydrogen-bond donors (Lipinski definition) is 0. The second-order valence-corrected chi connectivity index (χ2v) is 5.22. The van der Waals surface area contributed by atoms with Crippen molar-refractivity contribution in [2.24, 2.45) is 0 Å². The summed E-state index contributed by atoms with van der Waals surface area (Å²) in [4.78, 5) is 22.1. The smallest absolute Gasteiger partial charge is 0.344 e. The molecule has 0 N–H and O–H groups in total. The first-order valence-corrected chi connectivity index (χ1v) is 7.66. The van der Waals surface area contributed by atoms with E-state index >= 15 is 0 Å². The summed E-state index contributed by atoms with van der Waals surface area (Å²) in [6.45, 7) is -0.566. The number of esters is 1. The Labute approximate surface area is 148 Å². The maximum Gasteiger partial charge on any atom is 0.344 e. The molecule has 0 unspecified atom stereocenters. The number of ether oxygens (including phenoxy) is 2. The van der Waals surface area contributed by atoms with E-state index in [0.29, 0.717) is 11.5 Å². The van der Waals surface area contributed by atoms with E-state index in [1.165, 1.54) is 18.2 Å². The number of hydrogen-bond acceptors (Lipinski definition) is 7. The number of rotatable bonds is 7. The Morgan fingerprint density at radius 2 is 1.85 bits per heavy atom. The molecule has 0 atom stereocenters. The fourth-order valence-electron chi connectivity index (χ4n) is 2.19. The predicted molar refractivity (Wildman–Crippen MR) is 90.3 cm³/mol. The average Bonchev–Trinajstić information content (AvgIpc) is 3.14. The summed E-state index contributed by atoms with van der Waals surface area (Å²) in [5.74, 6) is -0.302. The third-order valence-electron chi connectivity index (χ3n) is 3.41. The van der Waals surface area contributed by atoms with Gasteiger partial charge in [0.05, 0.1) is 4.92 Å². The van der Waals surface area contributed by atoms with Crippen LogP contribution in [0.25, 0.3) is 11.3 Å². The van der Waals surface area contributed by atoms with Crippen molar-refractivity contribution >= 4 is 11.7 Å². The second-order valence-electron chi connectivity index (χ2n) is 5.22. The summed E-state index contributed by atoms with van der Waals surface area (Å²) in [6, 6.07) is 16.9. The van der Waals surface area contributed by atoms with Crippen molar-refractivity contribution in [3.63, 3.8) is 0 Å². The third-order valence-corrected chi connectivity index (χ3v) is 3.41. The Bertz CT molecular complexity index is 907. The van der Waals surface area contributed by atoms with Crippen molar-refractivity contribution in [3.05, 3.63) is 76.5 Å². The SMILES string of the molecule is O=C(COc1ccccc1[N+](=O)[O-])OCc1cc(-c2ccccc2)no1. The Hall–Kier alpha value is -3.68.